The number of rotatable bonds is 6. The highest BCUT2D eigenvalue weighted by atomic mass is 16.4. The van der Waals surface area contributed by atoms with Crippen LogP contribution in [0.25, 0.3) is 0 Å². The van der Waals surface area contributed by atoms with Crippen LogP contribution in [-0.2, 0) is 9.59 Å². The average Bonchev–Trinajstić information content (AvgIpc) is 2.23. The van der Waals surface area contributed by atoms with Crippen LogP contribution in [0.3, 0.4) is 0 Å². The Kier molecular flexibility index (Phi) is 5.13. The zero-order chi connectivity index (χ0) is 12.9. The predicted octanol–water partition coefficient (Wildman–Crippen LogP) is -0.148. The van der Waals surface area contributed by atoms with Gasteiger partial charge in [0.05, 0.1) is 6.61 Å². The summed E-state index contributed by atoms with van der Waals surface area (Å²) >= 11 is 0. The molecule has 0 saturated carbocycles. The quantitative estimate of drug-likeness (QED) is 0.473. The van der Waals surface area contributed by atoms with Gasteiger partial charge in [0.25, 0.3) is 0 Å². The highest BCUT2D eigenvalue weighted by molar-refractivity contribution is 5.86. The van der Waals surface area contributed by atoms with E-state index in [0.29, 0.717) is 0 Å². The van der Waals surface area contributed by atoms with Gasteiger partial charge >= 0.3 is 11.9 Å². The van der Waals surface area contributed by atoms with E-state index in [-0.39, 0.29) is 12.0 Å². The molecule has 0 aromatic rings. The first-order chi connectivity index (χ1) is 7.29. The molecule has 6 heteroatoms. The standard InChI is InChI=1S/C10H16O6/c1-3-7(8(12)13)4-6(2)10(16,5-11)9(14)15/h3,6,11,16H,4-5H2,1-2H3,(H,12,13)(H,14,15)/b7-3+. The molecular weight excluding hydrogens is 216 g/mol. The van der Waals surface area contributed by atoms with Crippen molar-refractivity contribution in [2.24, 2.45) is 5.92 Å². The van der Waals surface area contributed by atoms with E-state index in [1.807, 2.05) is 0 Å². The number of aliphatic carboxylic acids is 2. The van der Waals surface area contributed by atoms with Crippen LogP contribution in [0.1, 0.15) is 20.3 Å². The number of aliphatic hydroxyl groups is 2. The van der Waals surface area contributed by atoms with Crippen molar-refractivity contribution in [2.75, 3.05) is 6.61 Å². The van der Waals surface area contributed by atoms with Crippen molar-refractivity contribution in [3.8, 4) is 0 Å². The Morgan fingerprint density at radius 2 is 1.88 bits per heavy atom. The zero-order valence-electron chi connectivity index (χ0n) is 9.17. The smallest absolute Gasteiger partial charge is 0.338 e. The normalized spacial score (nSPS) is 17.6. The van der Waals surface area contributed by atoms with Gasteiger partial charge in [-0.2, -0.15) is 0 Å². The maximum Gasteiger partial charge on any atom is 0.338 e. The van der Waals surface area contributed by atoms with Crippen molar-refractivity contribution in [1.29, 1.82) is 0 Å². The number of carbonyl (C=O) groups is 2. The summed E-state index contributed by atoms with van der Waals surface area (Å²) in [6, 6.07) is 0. The lowest BCUT2D eigenvalue weighted by Crippen LogP contribution is -2.48. The molecule has 0 fully saturated rings. The molecule has 0 aromatic heterocycles. The van der Waals surface area contributed by atoms with Crippen LogP contribution in [-0.4, -0.2) is 44.6 Å². The minimum Gasteiger partial charge on any atom is -0.479 e. The monoisotopic (exact) mass is 232 g/mol. The summed E-state index contributed by atoms with van der Waals surface area (Å²) < 4.78 is 0. The van der Waals surface area contributed by atoms with Crippen LogP contribution in [0.4, 0.5) is 0 Å². The first-order valence-electron chi connectivity index (χ1n) is 4.74. The molecule has 0 radical (unpaired) electrons. The van der Waals surface area contributed by atoms with Crippen LogP contribution in [0.15, 0.2) is 11.6 Å². The van der Waals surface area contributed by atoms with E-state index in [0.717, 1.165) is 0 Å². The highest BCUT2D eigenvalue weighted by Gasteiger charge is 2.41. The fraction of sp³-hybridized carbons (Fsp3) is 0.600. The highest BCUT2D eigenvalue weighted by Crippen LogP contribution is 2.24. The van der Waals surface area contributed by atoms with E-state index in [4.69, 9.17) is 15.3 Å². The molecule has 0 aromatic carbocycles. The van der Waals surface area contributed by atoms with Crippen LogP contribution < -0.4 is 0 Å². The summed E-state index contributed by atoms with van der Waals surface area (Å²) in [4.78, 5) is 21.4. The first-order valence-corrected chi connectivity index (χ1v) is 4.74. The molecule has 0 saturated heterocycles. The molecular formula is C10H16O6. The second-order valence-electron chi connectivity index (χ2n) is 3.61. The minimum absolute atomic E-state index is 0.000579. The second kappa shape index (κ2) is 5.62. The maximum absolute atomic E-state index is 10.8. The topological polar surface area (TPSA) is 115 Å². The molecule has 0 heterocycles. The summed E-state index contributed by atoms with van der Waals surface area (Å²) in [5.74, 6) is -3.64. The lowest BCUT2D eigenvalue weighted by molar-refractivity contribution is -0.169. The number of aliphatic hydroxyl groups excluding tert-OH is 1. The Bertz CT molecular complexity index is 308. The van der Waals surface area contributed by atoms with E-state index < -0.39 is 30.1 Å². The molecule has 0 amide bonds. The molecule has 0 aliphatic heterocycles. The fourth-order valence-corrected chi connectivity index (χ4v) is 1.26. The minimum atomic E-state index is -2.32. The van der Waals surface area contributed by atoms with Gasteiger partial charge in [-0.15, -0.1) is 0 Å². The molecule has 16 heavy (non-hydrogen) atoms. The summed E-state index contributed by atoms with van der Waals surface area (Å²) in [6.45, 7) is 1.92. The Hall–Kier alpha value is -1.40. The molecule has 0 aliphatic rings. The van der Waals surface area contributed by atoms with Gasteiger partial charge in [0, 0.05) is 11.5 Å². The van der Waals surface area contributed by atoms with E-state index in [9.17, 15) is 14.7 Å². The van der Waals surface area contributed by atoms with E-state index in [2.05, 4.69) is 0 Å². The number of hydrogen-bond acceptors (Lipinski definition) is 4. The Morgan fingerprint density at radius 1 is 1.38 bits per heavy atom. The van der Waals surface area contributed by atoms with Gasteiger partial charge in [0.15, 0.2) is 5.60 Å². The third kappa shape index (κ3) is 3.04. The van der Waals surface area contributed by atoms with Crippen molar-refractivity contribution in [3.63, 3.8) is 0 Å². The van der Waals surface area contributed by atoms with Crippen molar-refractivity contribution in [3.05, 3.63) is 11.6 Å². The molecule has 4 N–H and O–H groups in total. The Labute approximate surface area is 92.8 Å². The largest absolute Gasteiger partial charge is 0.479 e. The van der Waals surface area contributed by atoms with E-state index in [1.165, 1.54) is 19.9 Å². The Morgan fingerprint density at radius 3 is 2.12 bits per heavy atom. The molecule has 92 valence electrons. The third-order valence-electron chi connectivity index (χ3n) is 2.58. The SMILES string of the molecule is C/C=C(\CC(C)C(O)(CO)C(=O)O)C(=O)O. The van der Waals surface area contributed by atoms with Gasteiger partial charge in [0.2, 0.25) is 0 Å². The van der Waals surface area contributed by atoms with Crippen molar-refractivity contribution < 1.29 is 30.0 Å². The van der Waals surface area contributed by atoms with E-state index >= 15 is 0 Å². The average molecular weight is 232 g/mol. The molecule has 6 nitrogen and oxygen atoms in total. The molecule has 0 spiro atoms. The lowest BCUT2D eigenvalue weighted by atomic mass is 9.84. The summed E-state index contributed by atoms with van der Waals surface area (Å²) in [7, 11) is 0. The van der Waals surface area contributed by atoms with Crippen molar-refractivity contribution in [2.45, 2.75) is 25.9 Å². The number of hydrogen-bond donors (Lipinski definition) is 4. The van der Waals surface area contributed by atoms with Crippen LogP contribution >= 0.6 is 0 Å². The third-order valence-corrected chi connectivity index (χ3v) is 2.58. The number of allylic oxidation sites excluding steroid dienone is 1. The second-order valence-corrected chi connectivity index (χ2v) is 3.61. The summed E-state index contributed by atoms with van der Waals surface area (Å²) in [5, 5.41) is 36.0. The van der Waals surface area contributed by atoms with Gasteiger partial charge in [-0.3, -0.25) is 0 Å². The van der Waals surface area contributed by atoms with Crippen LogP contribution in [0.5, 0.6) is 0 Å². The molecule has 0 aliphatic carbocycles. The summed E-state index contributed by atoms with van der Waals surface area (Å²) in [5.41, 5.74) is -2.32. The van der Waals surface area contributed by atoms with Crippen LogP contribution in [0, 0.1) is 5.92 Å². The first kappa shape index (κ1) is 14.6. The van der Waals surface area contributed by atoms with E-state index in [1.54, 1.807) is 0 Å². The predicted molar refractivity (Wildman–Crippen MR) is 54.8 cm³/mol. The van der Waals surface area contributed by atoms with Crippen molar-refractivity contribution in [1.82, 2.24) is 0 Å². The zero-order valence-corrected chi connectivity index (χ0v) is 9.17. The Balaban J connectivity index is 4.86. The molecule has 0 rings (SSSR count). The molecule has 2 atom stereocenters. The van der Waals surface area contributed by atoms with Gasteiger partial charge < -0.3 is 20.4 Å². The van der Waals surface area contributed by atoms with Gasteiger partial charge in [-0.25, -0.2) is 9.59 Å². The molecule has 0 bridgehead atoms. The van der Waals surface area contributed by atoms with Crippen LogP contribution in [0.2, 0.25) is 0 Å². The lowest BCUT2D eigenvalue weighted by Gasteiger charge is -2.27. The maximum atomic E-state index is 10.8. The van der Waals surface area contributed by atoms with Crippen molar-refractivity contribution >= 4 is 11.9 Å². The van der Waals surface area contributed by atoms with Gasteiger partial charge in [-0.05, 0) is 13.3 Å². The number of carboxylic acid groups (broad SMARTS) is 2. The fourth-order valence-electron chi connectivity index (χ4n) is 1.26. The summed E-state index contributed by atoms with van der Waals surface area (Å²) in [6.07, 6.45) is 1.20. The molecule has 2 unspecified atom stereocenters. The van der Waals surface area contributed by atoms with Gasteiger partial charge in [0.1, 0.15) is 0 Å². The van der Waals surface area contributed by atoms with Gasteiger partial charge in [-0.1, -0.05) is 13.0 Å². The number of carboxylic acids is 2.